The zero-order chi connectivity index (χ0) is 21.9. The molecule has 3 aromatic rings. The summed E-state index contributed by atoms with van der Waals surface area (Å²) in [4.78, 5) is 18.2. The second-order valence-corrected chi connectivity index (χ2v) is 8.78. The van der Waals surface area contributed by atoms with Gasteiger partial charge in [0, 0.05) is 12.6 Å². The number of carbonyl (C=O) groups excluding carboxylic acids is 1. The van der Waals surface area contributed by atoms with Gasteiger partial charge in [0.1, 0.15) is 12.4 Å². The summed E-state index contributed by atoms with van der Waals surface area (Å²) in [6.45, 7) is 1.48. The lowest BCUT2D eigenvalue weighted by atomic mass is 10.1. The number of hydrogen-bond donors (Lipinski definition) is 0. The van der Waals surface area contributed by atoms with Crippen LogP contribution in [0, 0.1) is 12.7 Å². The summed E-state index contributed by atoms with van der Waals surface area (Å²) < 4.78 is 43.8. The second kappa shape index (κ2) is 8.62. The number of aryl methyl sites for hydroxylation is 1. The van der Waals surface area contributed by atoms with E-state index in [1.54, 1.807) is 0 Å². The van der Waals surface area contributed by atoms with Gasteiger partial charge < -0.3 is 9.42 Å². The minimum atomic E-state index is -3.80. The summed E-state index contributed by atoms with van der Waals surface area (Å²) in [6, 6.07) is 12.6. The maximum Gasteiger partial charge on any atom is 0.246 e. The largest absolute Gasteiger partial charge is 0.337 e. The highest BCUT2D eigenvalue weighted by Gasteiger charge is 2.24. The fraction of sp³-hybridized carbons (Fsp3) is 0.250. The average Bonchev–Trinajstić information content (AvgIpc) is 3.14. The average molecular weight is 432 g/mol. The fourth-order valence-electron chi connectivity index (χ4n) is 2.70. The van der Waals surface area contributed by atoms with Gasteiger partial charge in [-0.3, -0.25) is 9.10 Å². The third-order valence-electron chi connectivity index (χ3n) is 4.35. The van der Waals surface area contributed by atoms with E-state index >= 15 is 0 Å². The van der Waals surface area contributed by atoms with E-state index < -0.39 is 28.3 Å². The first-order chi connectivity index (χ1) is 14.1. The van der Waals surface area contributed by atoms with Gasteiger partial charge in [0.05, 0.1) is 18.5 Å². The number of amides is 1. The first kappa shape index (κ1) is 21.4. The Bertz CT molecular complexity index is 1150. The number of likely N-dealkylation sites (N-methyl/N-ethyl adjacent to an activating group) is 1. The van der Waals surface area contributed by atoms with Gasteiger partial charge in [-0.1, -0.05) is 41.1 Å². The first-order valence-electron chi connectivity index (χ1n) is 9.00. The molecule has 3 rings (SSSR count). The van der Waals surface area contributed by atoms with Crippen molar-refractivity contribution in [3.63, 3.8) is 0 Å². The van der Waals surface area contributed by atoms with Gasteiger partial charge in [-0.05, 0) is 25.1 Å². The molecule has 1 heterocycles. The molecule has 10 heteroatoms. The van der Waals surface area contributed by atoms with E-state index in [1.807, 2.05) is 31.2 Å². The van der Waals surface area contributed by atoms with Crippen molar-refractivity contribution in [2.24, 2.45) is 0 Å². The Morgan fingerprint density at radius 2 is 1.87 bits per heavy atom. The Morgan fingerprint density at radius 3 is 2.50 bits per heavy atom. The maximum absolute atomic E-state index is 13.5. The first-order valence-corrected chi connectivity index (χ1v) is 10.8. The van der Waals surface area contributed by atoms with Crippen molar-refractivity contribution in [2.75, 3.05) is 24.2 Å². The van der Waals surface area contributed by atoms with Crippen LogP contribution >= 0.6 is 0 Å². The third-order valence-corrected chi connectivity index (χ3v) is 5.49. The zero-order valence-electron chi connectivity index (χ0n) is 16.7. The summed E-state index contributed by atoms with van der Waals surface area (Å²) in [5.41, 5.74) is 1.94. The number of rotatable bonds is 7. The molecule has 0 saturated carbocycles. The van der Waals surface area contributed by atoms with E-state index in [1.165, 1.54) is 30.1 Å². The molecule has 0 aliphatic heterocycles. The number of nitrogens with zero attached hydrogens (tertiary/aromatic N) is 4. The predicted molar refractivity (Wildman–Crippen MR) is 110 cm³/mol. The van der Waals surface area contributed by atoms with Crippen LogP contribution in [-0.2, 0) is 21.4 Å². The molecule has 2 aromatic carbocycles. The van der Waals surface area contributed by atoms with Crippen LogP contribution in [0.3, 0.4) is 0 Å². The minimum Gasteiger partial charge on any atom is -0.337 e. The highest BCUT2D eigenvalue weighted by atomic mass is 32.2. The van der Waals surface area contributed by atoms with Crippen LogP contribution in [0.15, 0.2) is 53.1 Å². The van der Waals surface area contributed by atoms with Crippen LogP contribution in [-0.4, -0.2) is 49.2 Å². The topological polar surface area (TPSA) is 96.6 Å². The van der Waals surface area contributed by atoms with Crippen molar-refractivity contribution < 1.29 is 22.1 Å². The Balaban J connectivity index is 1.71. The van der Waals surface area contributed by atoms with Crippen LogP contribution in [0.4, 0.5) is 10.1 Å². The van der Waals surface area contributed by atoms with E-state index in [2.05, 4.69) is 10.1 Å². The van der Waals surface area contributed by atoms with Crippen molar-refractivity contribution >= 4 is 21.6 Å². The van der Waals surface area contributed by atoms with E-state index in [0.29, 0.717) is 5.82 Å². The molecule has 0 aliphatic rings. The Labute approximate surface area is 174 Å². The molecule has 8 nitrogen and oxygen atoms in total. The number of benzene rings is 2. The van der Waals surface area contributed by atoms with Gasteiger partial charge in [0.25, 0.3) is 0 Å². The molecule has 0 N–H and O–H groups in total. The fourth-order valence-corrected chi connectivity index (χ4v) is 3.55. The minimum absolute atomic E-state index is 0.00154. The molecule has 0 atom stereocenters. The lowest BCUT2D eigenvalue weighted by Crippen LogP contribution is -2.41. The van der Waals surface area contributed by atoms with Crippen LogP contribution in [0.5, 0.6) is 0 Å². The van der Waals surface area contributed by atoms with Crippen molar-refractivity contribution in [3.05, 3.63) is 65.8 Å². The van der Waals surface area contributed by atoms with E-state index in [4.69, 9.17) is 4.52 Å². The number of halogens is 1. The van der Waals surface area contributed by atoms with Gasteiger partial charge >= 0.3 is 0 Å². The zero-order valence-corrected chi connectivity index (χ0v) is 17.6. The highest BCUT2D eigenvalue weighted by molar-refractivity contribution is 7.92. The number of aromatic nitrogens is 2. The monoisotopic (exact) mass is 432 g/mol. The van der Waals surface area contributed by atoms with Crippen molar-refractivity contribution in [2.45, 2.75) is 13.5 Å². The van der Waals surface area contributed by atoms with Crippen molar-refractivity contribution in [1.29, 1.82) is 0 Å². The molecule has 1 amide bonds. The maximum atomic E-state index is 13.5. The lowest BCUT2D eigenvalue weighted by molar-refractivity contribution is -0.129. The molecule has 0 aliphatic carbocycles. The van der Waals surface area contributed by atoms with Gasteiger partial charge in [-0.15, -0.1) is 0 Å². The summed E-state index contributed by atoms with van der Waals surface area (Å²) in [5, 5.41) is 3.91. The summed E-state index contributed by atoms with van der Waals surface area (Å²) in [7, 11) is -2.31. The molecule has 0 spiro atoms. The molecule has 1 aromatic heterocycles. The van der Waals surface area contributed by atoms with E-state index in [9.17, 15) is 17.6 Å². The highest BCUT2D eigenvalue weighted by Crippen LogP contribution is 2.20. The van der Waals surface area contributed by atoms with Gasteiger partial charge in [0.15, 0.2) is 0 Å². The molecule has 0 unspecified atom stereocenters. The molecular weight excluding hydrogens is 411 g/mol. The van der Waals surface area contributed by atoms with Gasteiger partial charge in [-0.2, -0.15) is 4.98 Å². The molecule has 0 saturated heterocycles. The number of hydrogen-bond acceptors (Lipinski definition) is 6. The number of anilines is 1. The van der Waals surface area contributed by atoms with Crippen LogP contribution < -0.4 is 4.31 Å². The number of sulfonamides is 1. The Morgan fingerprint density at radius 1 is 1.17 bits per heavy atom. The predicted octanol–water partition coefficient (Wildman–Crippen LogP) is 2.61. The van der Waals surface area contributed by atoms with E-state index in [-0.39, 0.29) is 18.1 Å². The third kappa shape index (κ3) is 5.20. The van der Waals surface area contributed by atoms with Crippen molar-refractivity contribution in [1.82, 2.24) is 15.0 Å². The summed E-state index contributed by atoms with van der Waals surface area (Å²) >= 11 is 0. The molecule has 158 valence electrons. The van der Waals surface area contributed by atoms with Gasteiger partial charge in [0.2, 0.25) is 27.6 Å². The Kier molecular flexibility index (Phi) is 6.16. The lowest BCUT2D eigenvalue weighted by Gasteiger charge is -2.24. The standard InChI is InChI=1S/C20H21FN4O4S/c1-14-7-9-15(10-8-14)20-22-18(29-23-20)12-24(2)19(26)13-25(30(3,27)28)17-6-4-5-16(21)11-17/h4-11H,12-13H2,1-3H3. The van der Waals surface area contributed by atoms with Crippen LogP contribution in [0.2, 0.25) is 0 Å². The van der Waals surface area contributed by atoms with Crippen molar-refractivity contribution in [3.8, 4) is 11.4 Å². The smallest absolute Gasteiger partial charge is 0.246 e. The quantitative estimate of drug-likeness (QED) is 0.569. The molecule has 0 bridgehead atoms. The van der Waals surface area contributed by atoms with Crippen LogP contribution in [0.25, 0.3) is 11.4 Å². The summed E-state index contributed by atoms with van der Waals surface area (Å²) in [5.74, 6) is -0.516. The van der Waals surface area contributed by atoms with E-state index in [0.717, 1.165) is 27.8 Å². The molecular formula is C20H21FN4O4S. The SMILES string of the molecule is Cc1ccc(-c2noc(CN(C)C(=O)CN(c3cccc(F)c3)S(C)(=O)=O)n2)cc1. The second-order valence-electron chi connectivity index (χ2n) is 6.88. The van der Waals surface area contributed by atoms with Gasteiger partial charge in [-0.25, -0.2) is 12.8 Å². The number of carbonyl (C=O) groups is 1. The molecule has 0 fully saturated rings. The normalized spacial score (nSPS) is 11.3. The summed E-state index contributed by atoms with van der Waals surface area (Å²) in [6.07, 6.45) is 0.955. The molecule has 0 radical (unpaired) electrons. The van der Waals surface area contributed by atoms with Crippen LogP contribution in [0.1, 0.15) is 11.5 Å². The molecule has 30 heavy (non-hydrogen) atoms. The Hall–Kier alpha value is -3.27.